The van der Waals surface area contributed by atoms with E-state index in [9.17, 15) is 4.79 Å². The molecule has 0 radical (unpaired) electrons. The molecular formula is C15H10Cl2N2OS. The first-order valence-corrected chi connectivity index (χ1v) is 7.82. The zero-order valence-corrected chi connectivity index (χ0v) is 13.1. The minimum Gasteiger partial charge on any atom is -0.323 e. The van der Waals surface area contributed by atoms with Gasteiger partial charge >= 0.3 is 0 Å². The van der Waals surface area contributed by atoms with E-state index in [-0.39, 0.29) is 12.3 Å². The molecule has 3 rings (SSSR count). The van der Waals surface area contributed by atoms with E-state index >= 15 is 0 Å². The van der Waals surface area contributed by atoms with E-state index in [4.69, 9.17) is 23.2 Å². The molecule has 0 aliphatic rings. The van der Waals surface area contributed by atoms with Crippen molar-refractivity contribution >= 4 is 40.3 Å². The molecule has 0 fully saturated rings. The van der Waals surface area contributed by atoms with Crippen molar-refractivity contribution in [2.24, 2.45) is 0 Å². The van der Waals surface area contributed by atoms with Crippen molar-refractivity contribution in [3.8, 4) is 10.7 Å². The summed E-state index contributed by atoms with van der Waals surface area (Å²) in [6, 6.07) is 8.81. The molecular weight excluding hydrogens is 327 g/mol. The average molecular weight is 337 g/mol. The molecule has 0 aliphatic heterocycles. The van der Waals surface area contributed by atoms with Crippen molar-refractivity contribution < 1.29 is 4.79 Å². The van der Waals surface area contributed by atoms with Crippen LogP contribution < -0.4 is 0 Å². The minimum absolute atomic E-state index is 0.0764. The fraction of sp³-hybridized carbons (Fsp3) is 0.0667. The van der Waals surface area contributed by atoms with Gasteiger partial charge < -0.3 is 4.57 Å². The first kappa shape index (κ1) is 14.3. The van der Waals surface area contributed by atoms with Gasteiger partial charge in [-0.3, -0.25) is 4.79 Å². The smallest absolute Gasteiger partial charge is 0.184 e. The summed E-state index contributed by atoms with van der Waals surface area (Å²) in [7, 11) is 0. The summed E-state index contributed by atoms with van der Waals surface area (Å²) >= 11 is 13.5. The molecule has 2 aromatic heterocycles. The lowest BCUT2D eigenvalue weighted by atomic mass is 10.1. The predicted octanol–water partition coefficient (Wildman–Crippen LogP) is 4.80. The lowest BCUT2D eigenvalue weighted by Crippen LogP contribution is -2.11. The molecule has 0 atom stereocenters. The summed E-state index contributed by atoms with van der Waals surface area (Å²) in [6.45, 7) is 0.189. The fourth-order valence-corrected chi connectivity index (χ4v) is 3.27. The Balaban J connectivity index is 1.87. The highest BCUT2D eigenvalue weighted by Crippen LogP contribution is 2.25. The van der Waals surface area contributed by atoms with Crippen LogP contribution in [-0.4, -0.2) is 15.3 Å². The molecule has 2 heterocycles. The Morgan fingerprint density at radius 3 is 2.86 bits per heavy atom. The summed E-state index contributed by atoms with van der Waals surface area (Å²) in [5.41, 5.74) is 0.465. The first-order chi connectivity index (χ1) is 10.1. The van der Waals surface area contributed by atoms with Gasteiger partial charge in [0.05, 0.1) is 16.4 Å². The molecule has 21 heavy (non-hydrogen) atoms. The van der Waals surface area contributed by atoms with Crippen LogP contribution in [0.3, 0.4) is 0 Å². The van der Waals surface area contributed by atoms with E-state index in [2.05, 4.69) is 4.98 Å². The number of hydrogen-bond donors (Lipinski definition) is 0. The van der Waals surface area contributed by atoms with E-state index in [1.165, 1.54) is 0 Å². The van der Waals surface area contributed by atoms with Crippen molar-refractivity contribution in [2.75, 3.05) is 0 Å². The number of rotatable bonds is 4. The van der Waals surface area contributed by atoms with E-state index in [0.717, 1.165) is 10.7 Å². The van der Waals surface area contributed by atoms with Crippen LogP contribution in [0.25, 0.3) is 10.7 Å². The summed E-state index contributed by atoms with van der Waals surface area (Å²) in [6.07, 6.45) is 3.47. The Morgan fingerprint density at radius 2 is 2.14 bits per heavy atom. The van der Waals surface area contributed by atoms with E-state index < -0.39 is 0 Å². The highest BCUT2D eigenvalue weighted by Gasteiger charge is 2.14. The van der Waals surface area contributed by atoms with Gasteiger partial charge in [0.2, 0.25) is 0 Å². The molecule has 0 unspecified atom stereocenters. The highest BCUT2D eigenvalue weighted by molar-refractivity contribution is 7.13. The minimum atomic E-state index is -0.0764. The van der Waals surface area contributed by atoms with Gasteiger partial charge in [0.1, 0.15) is 5.82 Å². The van der Waals surface area contributed by atoms with Crippen LogP contribution in [0.5, 0.6) is 0 Å². The number of aromatic nitrogens is 2. The maximum absolute atomic E-state index is 12.4. The second-order valence-electron chi connectivity index (χ2n) is 4.40. The summed E-state index contributed by atoms with van der Waals surface area (Å²) in [5, 5.41) is 2.86. The third-order valence-corrected chi connectivity index (χ3v) is 4.42. The normalized spacial score (nSPS) is 10.8. The maximum atomic E-state index is 12.4. The Labute approximate surface area is 135 Å². The lowest BCUT2D eigenvalue weighted by Gasteiger charge is -2.07. The summed E-state index contributed by atoms with van der Waals surface area (Å²) < 4.78 is 1.82. The van der Waals surface area contributed by atoms with E-state index in [1.807, 2.05) is 22.1 Å². The Hall–Kier alpha value is -1.62. The molecule has 0 saturated heterocycles. The maximum Gasteiger partial charge on any atom is 0.184 e. The predicted molar refractivity (Wildman–Crippen MR) is 86.3 cm³/mol. The van der Waals surface area contributed by atoms with Crippen molar-refractivity contribution in [2.45, 2.75) is 6.54 Å². The zero-order valence-electron chi connectivity index (χ0n) is 10.8. The van der Waals surface area contributed by atoms with Crippen LogP contribution in [0.2, 0.25) is 10.0 Å². The number of carbonyl (C=O) groups is 1. The zero-order chi connectivity index (χ0) is 14.8. The summed E-state index contributed by atoms with van der Waals surface area (Å²) in [5.74, 6) is 0.705. The molecule has 0 N–H and O–H groups in total. The van der Waals surface area contributed by atoms with Crippen LogP contribution in [0.1, 0.15) is 10.4 Å². The quantitative estimate of drug-likeness (QED) is 0.641. The second-order valence-corrected chi connectivity index (χ2v) is 6.19. The molecule has 0 saturated carbocycles. The van der Waals surface area contributed by atoms with Crippen molar-refractivity contribution in [1.29, 1.82) is 0 Å². The van der Waals surface area contributed by atoms with Gasteiger partial charge in [0.25, 0.3) is 0 Å². The molecule has 0 bridgehead atoms. The number of carbonyl (C=O) groups excluding carboxylic acids is 1. The van der Waals surface area contributed by atoms with Crippen molar-refractivity contribution in [1.82, 2.24) is 9.55 Å². The third-order valence-electron chi connectivity index (χ3n) is 3.00. The van der Waals surface area contributed by atoms with Gasteiger partial charge in [-0.2, -0.15) is 0 Å². The number of benzene rings is 1. The molecule has 3 nitrogen and oxygen atoms in total. The van der Waals surface area contributed by atoms with E-state index in [0.29, 0.717) is 15.6 Å². The average Bonchev–Trinajstić information content (AvgIpc) is 3.08. The standard InChI is InChI=1S/C15H10Cl2N2OS/c16-10-3-4-11(12(17)8-10)13(20)9-19-6-5-18-15(19)14-2-1-7-21-14/h1-8H,9H2. The number of ketones is 1. The largest absolute Gasteiger partial charge is 0.323 e. The summed E-state index contributed by atoms with van der Waals surface area (Å²) in [4.78, 5) is 17.7. The van der Waals surface area contributed by atoms with Crippen LogP contribution >= 0.6 is 34.5 Å². The SMILES string of the molecule is O=C(Cn1ccnc1-c1cccs1)c1ccc(Cl)cc1Cl. The topological polar surface area (TPSA) is 34.9 Å². The number of thiophene rings is 1. The number of nitrogens with zero attached hydrogens (tertiary/aromatic N) is 2. The molecule has 106 valence electrons. The van der Waals surface area contributed by atoms with Gasteiger partial charge in [-0.15, -0.1) is 11.3 Å². The van der Waals surface area contributed by atoms with Crippen LogP contribution in [0, 0.1) is 0 Å². The monoisotopic (exact) mass is 336 g/mol. The van der Waals surface area contributed by atoms with Gasteiger partial charge in [-0.05, 0) is 29.6 Å². The molecule has 1 aromatic carbocycles. The Bertz CT molecular complexity index is 781. The van der Waals surface area contributed by atoms with Crippen molar-refractivity contribution in [3.05, 3.63) is 63.7 Å². The molecule has 3 aromatic rings. The van der Waals surface area contributed by atoms with Crippen LogP contribution in [0.4, 0.5) is 0 Å². The third kappa shape index (κ3) is 3.02. The molecule has 6 heteroatoms. The van der Waals surface area contributed by atoms with Crippen LogP contribution in [-0.2, 0) is 6.54 Å². The van der Waals surface area contributed by atoms with E-state index in [1.54, 1.807) is 41.9 Å². The van der Waals surface area contributed by atoms with Gasteiger partial charge in [-0.25, -0.2) is 4.98 Å². The Kier molecular flexibility index (Phi) is 4.10. The van der Waals surface area contributed by atoms with Gasteiger partial charge in [0, 0.05) is 23.0 Å². The Morgan fingerprint density at radius 1 is 1.29 bits per heavy atom. The lowest BCUT2D eigenvalue weighted by molar-refractivity contribution is 0.0973. The highest BCUT2D eigenvalue weighted by atomic mass is 35.5. The molecule has 0 spiro atoms. The molecule has 0 amide bonds. The van der Waals surface area contributed by atoms with Gasteiger partial charge in [-0.1, -0.05) is 29.3 Å². The number of hydrogen-bond acceptors (Lipinski definition) is 3. The number of halogens is 2. The number of Topliss-reactive ketones (excluding diaryl/α,β-unsaturated/α-hetero) is 1. The van der Waals surface area contributed by atoms with Crippen molar-refractivity contribution in [3.63, 3.8) is 0 Å². The van der Waals surface area contributed by atoms with Gasteiger partial charge in [0.15, 0.2) is 5.78 Å². The van der Waals surface area contributed by atoms with Crippen LogP contribution in [0.15, 0.2) is 48.1 Å². The fourth-order valence-electron chi connectivity index (χ4n) is 2.02. The first-order valence-electron chi connectivity index (χ1n) is 6.18. The number of imidazole rings is 1. The second kappa shape index (κ2) is 6.02. The molecule has 0 aliphatic carbocycles.